The molecule has 1 amide bonds. The number of aliphatic hydroxyl groups is 1. The highest BCUT2D eigenvalue weighted by Crippen LogP contribution is 2.19. The number of nitrogens with zero attached hydrogens (tertiary/aromatic N) is 3. The van der Waals surface area contributed by atoms with Crippen LogP contribution in [0.1, 0.15) is 10.5 Å². The van der Waals surface area contributed by atoms with Crippen molar-refractivity contribution in [3.63, 3.8) is 0 Å². The van der Waals surface area contributed by atoms with Crippen molar-refractivity contribution < 1.29 is 14.7 Å². The second kappa shape index (κ2) is 4.52. The van der Waals surface area contributed by atoms with Crippen molar-refractivity contribution in [2.45, 2.75) is 6.10 Å². The van der Waals surface area contributed by atoms with Gasteiger partial charge in [0.05, 0.1) is 12.2 Å². The van der Waals surface area contributed by atoms with Crippen LogP contribution in [0.3, 0.4) is 0 Å². The minimum atomic E-state index is -0.626. The van der Waals surface area contributed by atoms with Gasteiger partial charge in [0, 0.05) is 13.2 Å². The van der Waals surface area contributed by atoms with Gasteiger partial charge in [-0.25, -0.2) is 5.06 Å². The van der Waals surface area contributed by atoms with Gasteiger partial charge < -0.3 is 9.67 Å². The number of aromatic nitrogens is 3. The van der Waals surface area contributed by atoms with Crippen LogP contribution in [0.4, 0.5) is 0 Å². The van der Waals surface area contributed by atoms with Crippen LogP contribution < -0.4 is 0 Å². The van der Waals surface area contributed by atoms with Crippen molar-refractivity contribution in [2.24, 2.45) is 7.05 Å². The summed E-state index contributed by atoms with van der Waals surface area (Å²) in [7, 11) is 1.91. The number of carbonyl (C=O) groups is 1. The Balaban J connectivity index is 1.82. The van der Waals surface area contributed by atoms with E-state index in [4.69, 9.17) is 4.84 Å². The number of hydrogen-bond acceptors (Lipinski definition) is 4. The molecule has 2 N–H and O–H groups in total. The Kier molecular flexibility index (Phi) is 2.84. The second-order valence-electron chi connectivity index (χ2n) is 4.49. The van der Waals surface area contributed by atoms with E-state index in [9.17, 15) is 9.90 Å². The maximum atomic E-state index is 12.1. The van der Waals surface area contributed by atoms with Gasteiger partial charge in [-0.15, -0.1) is 0 Å². The average molecular weight is 262 g/mol. The number of carbonyl (C=O) groups excluding carboxylic acids is 1. The molecule has 1 aliphatic rings. The molecule has 1 aliphatic heterocycles. The number of H-pyrrole nitrogens is 1. The van der Waals surface area contributed by atoms with Crippen LogP contribution in [0, 0.1) is 0 Å². The van der Waals surface area contributed by atoms with E-state index >= 15 is 0 Å². The van der Waals surface area contributed by atoms with Crippen LogP contribution in [0.5, 0.6) is 0 Å². The molecular formula is C12H14N4O3. The minimum Gasteiger partial charge on any atom is -0.389 e. The first-order chi connectivity index (χ1) is 9.15. The van der Waals surface area contributed by atoms with Gasteiger partial charge >= 0.3 is 0 Å². The van der Waals surface area contributed by atoms with Gasteiger partial charge in [-0.3, -0.25) is 14.7 Å². The quantitative estimate of drug-likeness (QED) is 0.807. The van der Waals surface area contributed by atoms with E-state index in [1.165, 1.54) is 0 Å². The van der Waals surface area contributed by atoms with E-state index in [0.29, 0.717) is 11.4 Å². The van der Waals surface area contributed by atoms with Crippen molar-refractivity contribution in [2.75, 3.05) is 13.2 Å². The fourth-order valence-electron chi connectivity index (χ4n) is 2.04. The molecule has 1 atom stereocenters. The van der Waals surface area contributed by atoms with Crippen LogP contribution in [0.25, 0.3) is 11.4 Å². The molecule has 1 fully saturated rings. The number of aliphatic hydroxyl groups excluding tert-OH is 1. The summed E-state index contributed by atoms with van der Waals surface area (Å²) in [5.74, 6) is -0.329. The molecule has 3 rings (SSSR count). The Labute approximate surface area is 109 Å². The average Bonchev–Trinajstić information content (AvgIpc) is 3.08. The highest BCUT2D eigenvalue weighted by Gasteiger charge is 2.28. The molecule has 0 radical (unpaired) electrons. The van der Waals surface area contributed by atoms with E-state index in [1.54, 1.807) is 6.07 Å². The lowest BCUT2D eigenvalue weighted by Crippen LogP contribution is -2.28. The SMILES string of the molecule is Cn1cccc1-c1cc(C(=O)N2C[C@@H](O)CO2)[nH]n1. The fraction of sp³-hybridized carbons (Fsp3) is 0.333. The summed E-state index contributed by atoms with van der Waals surface area (Å²) in [4.78, 5) is 17.2. The summed E-state index contributed by atoms with van der Waals surface area (Å²) in [5, 5.41) is 17.3. The summed E-state index contributed by atoms with van der Waals surface area (Å²) in [6.45, 7) is 0.321. The second-order valence-corrected chi connectivity index (χ2v) is 4.49. The van der Waals surface area contributed by atoms with Gasteiger partial charge in [-0.1, -0.05) is 0 Å². The number of rotatable bonds is 2. The standard InChI is InChI=1S/C12H14N4O3/c1-15-4-2-3-11(15)9-5-10(14-13-9)12(18)16-6-8(17)7-19-16/h2-5,8,17H,6-7H2,1H3,(H,13,14)/t8-/m1/s1. The van der Waals surface area contributed by atoms with Crippen LogP contribution >= 0.6 is 0 Å². The fourth-order valence-corrected chi connectivity index (χ4v) is 2.04. The number of β-amino-alcohol motifs (C(OH)–C–C–N with tert-alkyl or cyclic N) is 1. The zero-order valence-electron chi connectivity index (χ0n) is 10.4. The first kappa shape index (κ1) is 11.9. The van der Waals surface area contributed by atoms with Crippen molar-refractivity contribution in [1.82, 2.24) is 19.8 Å². The van der Waals surface area contributed by atoms with Crippen molar-refractivity contribution >= 4 is 5.91 Å². The Hall–Kier alpha value is -2.12. The minimum absolute atomic E-state index is 0.143. The smallest absolute Gasteiger partial charge is 0.295 e. The molecule has 0 bridgehead atoms. The predicted molar refractivity (Wildman–Crippen MR) is 66.0 cm³/mol. The van der Waals surface area contributed by atoms with Crippen LogP contribution in [0.15, 0.2) is 24.4 Å². The molecule has 2 aromatic heterocycles. The topological polar surface area (TPSA) is 83.4 Å². The Bertz CT molecular complexity index is 604. The van der Waals surface area contributed by atoms with E-state index in [1.807, 2.05) is 29.9 Å². The van der Waals surface area contributed by atoms with Crippen molar-refractivity contribution in [3.8, 4) is 11.4 Å². The van der Waals surface area contributed by atoms with Crippen LogP contribution in [0.2, 0.25) is 0 Å². The number of hydrogen-bond donors (Lipinski definition) is 2. The van der Waals surface area contributed by atoms with Gasteiger partial charge in [0.1, 0.15) is 24.1 Å². The molecule has 7 nitrogen and oxygen atoms in total. The molecule has 7 heteroatoms. The summed E-state index contributed by atoms with van der Waals surface area (Å²) >= 11 is 0. The zero-order chi connectivity index (χ0) is 13.4. The third-order valence-electron chi connectivity index (χ3n) is 3.04. The molecule has 0 saturated carbocycles. The number of aryl methyl sites for hydroxylation is 1. The van der Waals surface area contributed by atoms with Gasteiger partial charge in [-0.2, -0.15) is 5.10 Å². The van der Waals surface area contributed by atoms with Crippen molar-refractivity contribution in [3.05, 3.63) is 30.1 Å². The maximum Gasteiger partial charge on any atom is 0.295 e. The summed E-state index contributed by atoms with van der Waals surface area (Å²) < 4.78 is 1.92. The largest absolute Gasteiger partial charge is 0.389 e. The van der Waals surface area contributed by atoms with E-state index in [2.05, 4.69) is 10.2 Å². The lowest BCUT2D eigenvalue weighted by atomic mass is 10.2. The number of aromatic amines is 1. The summed E-state index contributed by atoms with van der Waals surface area (Å²) in [5.41, 5.74) is 1.94. The highest BCUT2D eigenvalue weighted by molar-refractivity contribution is 5.92. The lowest BCUT2D eigenvalue weighted by molar-refractivity contribution is -0.0783. The highest BCUT2D eigenvalue weighted by atomic mass is 16.7. The normalized spacial score (nSPS) is 19.1. The number of amides is 1. The molecule has 100 valence electrons. The molecule has 0 aliphatic carbocycles. The molecule has 2 aromatic rings. The van der Waals surface area contributed by atoms with Gasteiger partial charge in [0.15, 0.2) is 0 Å². The van der Waals surface area contributed by atoms with Gasteiger partial charge in [0.2, 0.25) is 0 Å². The summed E-state index contributed by atoms with van der Waals surface area (Å²) in [6, 6.07) is 5.50. The molecule has 0 unspecified atom stereocenters. The maximum absolute atomic E-state index is 12.1. The lowest BCUT2D eigenvalue weighted by Gasteiger charge is -2.11. The molecular weight excluding hydrogens is 248 g/mol. The van der Waals surface area contributed by atoms with E-state index in [-0.39, 0.29) is 19.1 Å². The molecule has 19 heavy (non-hydrogen) atoms. The Morgan fingerprint density at radius 3 is 3.11 bits per heavy atom. The molecule has 0 aromatic carbocycles. The monoisotopic (exact) mass is 262 g/mol. The molecule has 1 saturated heterocycles. The number of nitrogens with one attached hydrogen (secondary N) is 1. The van der Waals surface area contributed by atoms with Crippen molar-refractivity contribution in [1.29, 1.82) is 0 Å². The third-order valence-corrected chi connectivity index (χ3v) is 3.04. The molecule has 0 spiro atoms. The van der Waals surface area contributed by atoms with Crippen LogP contribution in [-0.4, -0.2) is 50.1 Å². The third kappa shape index (κ3) is 2.13. The predicted octanol–water partition coefficient (Wildman–Crippen LogP) is 0.163. The Morgan fingerprint density at radius 2 is 2.47 bits per heavy atom. The van der Waals surface area contributed by atoms with Gasteiger partial charge in [-0.05, 0) is 18.2 Å². The van der Waals surface area contributed by atoms with Crippen LogP contribution in [-0.2, 0) is 11.9 Å². The number of hydroxylamine groups is 2. The van der Waals surface area contributed by atoms with E-state index < -0.39 is 6.10 Å². The molecule has 3 heterocycles. The Morgan fingerprint density at radius 1 is 1.63 bits per heavy atom. The summed E-state index contributed by atoms with van der Waals surface area (Å²) in [6.07, 6.45) is 1.28. The zero-order valence-corrected chi connectivity index (χ0v) is 10.4. The van der Waals surface area contributed by atoms with E-state index in [0.717, 1.165) is 10.8 Å². The van der Waals surface area contributed by atoms with Gasteiger partial charge in [0.25, 0.3) is 5.91 Å². The first-order valence-corrected chi connectivity index (χ1v) is 5.95. The first-order valence-electron chi connectivity index (χ1n) is 5.95.